The first kappa shape index (κ1) is 21.2. The molecule has 2 unspecified atom stereocenters. The van der Waals surface area contributed by atoms with Crippen LogP contribution in [0.25, 0.3) is 0 Å². The quantitative estimate of drug-likeness (QED) is 0.590. The summed E-state index contributed by atoms with van der Waals surface area (Å²) in [7, 11) is 1.60. The van der Waals surface area contributed by atoms with Gasteiger partial charge in [-0.2, -0.15) is 0 Å². The zero-order chi connectivity index (χ0) is 21.8. The minimum Gasteiger partial charge on any atom is -0.392 e. The van der Waals surface area contributed by atoms with Crippen LogP contribution in [0.3, 0.4) is 0 Å². The molecular weight excluding hydrogens is 412 g/mol. The van der Waals surface area contributed by atoms with Gasteiger partial charge in [0.05, 0.1) is 25.2 Å². The van der Waals surface area contributed by atoms with E-state index in [1.807, 2.05) is 35.7 Å². The Bertz CT molecular complexity index is 1050. The summed E-state index contributed by atoms with van der Waals surface area (Å²) in [5.74, 6) is -0.846. The fourth-order valence-electron chi connectivity index (χ4n) is 4.00. The highest BCUT2D eigenvalue weighted by Crippen LogP contribution is 2.44. The second kappa shape index (κ2) is 9.43. The van der Waals surface area contributed by atoms with Gasteiger partial charge in [-0.15, -0.1) is 11.3 Å². The molecule has 2 amide bonds. The number of carbonyl (C=O) groups is 2. The lowest BCUT2D eigenvalue weighted by atomic mass is 9.81. The van der Waals surface area contributed by atoms with Crippen LogP contribution in [-0.2, 0) is 16.1 Å². The molecule has 1 aliphatic heterocycles. The molecule has 6 nitrogen and oxygen atoms in total. The van der Waals surface area contributed by atoms with Crippen LogP contribution in [0.4, 0.5) is 5.69 Å². The number of thiophene rings is 1. The van der Waals surface area contributed by atoms with Crippen LogP contribution < -0.4 is 5.32 Å². The van der Waals surface area contributed by atoms with E-state index in [0.717, 1.165) is 16.0 Å². The number of ether oxygens (including phenoxy) is 1. The van der Waals surface area contributed by atoms with Gasteiger partial charge in [-0.1, -0.05) is 36.4 Å². The van der Waals surface area contributed by atoms with E-state index in [1.165, 1.54) is 11.3 Å². The fraction of sp³-hybridized carbons (Fsp3) is 0.250. The predicted octanol–water partition coefficient (Wildman–Crippen LogP) is 3.81. The first-order chi connectivity index (χ1) is 15.1. The maximum Gasteiger partial charge on any atom is 0.254 e. The number of aliphatic hydroxyl groups excluding tert-OH is 1. The second-order valence-electron chi connectivity index (χ2n) is 7.36. The highest BCUT2D eigenvalue weighted by molar-refractivity contribution is 7.10. The summed E-state index contributed by atoms with van der Waals surface area (Å²) in [6, 6.07) is 17.9. The Hall–Kier alpha value is -3.00. The first-order valence-corrected chi connectivity index (χ1v) is 10.9. The molecule has 2 atom stereocenters. The largest absolute Gasteiger partial charge is 0.392 e. The molecule has 0 bridgehead atoms. The van der Waals surface area contributed by atoms with Gasteiger partial charge in [0, 0.05) is 29.8 Å². The number of nitrogens with zero attached hydrogens (tertiary/aromatic N) is 1. The van der Waals surface area contributed by atoms with Crippen LogP contribution in [0.15, 0.2) is 66.0 Å². The van der Waals surface area contributed by atoms with Gasteiger partial charge < -0.3 is 20.1 Å². The van der Waals surface area contributed by atoms with Gasteiger partial charge in [0.15, 0.2) is 0 Å². The summed E-state index contributed by atoms with van der Waals surface area (Å²) in [5.41, 5.74) is 2.69. The first-order valence-electron chi connectivity index (χ1n) is 10.1. The average Bonchev–Trinajstić information content (AvgIpc) is 3.33. The van der Waals surface area contributed by atoms with Gasteiger partial charge in [0.2, 0.25) is 5.91 Å². The molecule has 0 saturated heterocycles. The maximum atomic E-state index is 13.6. The van der Waals surface area contributed by atoms with Gasteiger partial charge >= 0.3 is 0 Å². The van der Waals surface area contributed by atoms with Crippen molar-refractivity contribution >= 4 is 28.8 Å². The standard InChI is InChI=1S/C24H24N2O4S/c1-30-13-12-26-22(20-7-4-14-31-20)21(18-5-2-3-6-19(18)24(26)29)23(28)25-17-10-8-16(15-27)9-11-17/h2-11,14,21-22,27H,12-13,15H2,1H3,(H,25,28). The van der Waals surface area contributed by atoms with Crippen LogP contribution in [0, 0.1) is 0 Å². The Morgan fingerprint density at radius 2 is 1.90 bits per heavy atom. The molecule has 0 aliphatic carbocycles. The number of hydrogen-bond acceptors (Lipinski definition) is 5. The average molecular weight is 437 g/mol. The lowest BCUT2D eigenvalue weighted by Gasteiger charge is -2.41. The number of hydrogen-bond donors (Lipinski definition) is 2. The van der Waals surface area contributed by atoms with E-state index >= 15 is 0 Å². The third-order valence-electron chi connectivity index (χ3n) is 5.50. The number of nitrogens with one attached hydrogen (secondary N) is 1. The molecule has 0 spiro atoms. The van der Waals surface area contributed by atoms with Crippen molar-refractivity contribution in [3.05, 3.63) is 87.6 Å². The van der Waals surface area contributed by atoms with Gasteiger partial charge in [-0.05, 0) is 40.8 Å². The van der Waals surface area contributed by atoms with E-state index in [9.17, 15) is 14.7 Å². The molecule has 4 rings (SSSR count). The Labute approximate surface area is 185 Å². The SMILES string of the molecule is COCCN1C(=O)c2ccccc2C(C(=O)Nc2ccc(CO)cc2)C1c1cccs1. The number of benzene rings is 2. The van der Waals surface area contributed by atoms with E-state index in [4.69, 9.17) is 4.74 Å². The molecule has 1 aromatic heterocycles. The Balaban J connectivity index is 1.76. The van der Waals surface area contributed by atoms with Gasteiger partial charge in [-0.3, -0.25) is 9.59 Å². The lowest BCUT2D eigenvalue weighted by Crippen LogP contribution is -2.47. The minimum absolute atomic E-state index is 0.0543. The predicted molar refractivity (Wildman–Crippen MR) is 120 cm³/mol. The van der Waals surface area contributed by atoms with Crippen LogP contribution in [-0.4, -0.2) is 42.1 Å². The Kier molecular flexibility index (Phi) is 6.46. The molecule has 2 aromatic carbocycles. The number of anilines is 1. The summed E-state index contributed by atoms with van der Waals surface area (Å²) >= 11 is 1.53. The van der Waals surface area contributed by atoms with Crippen molar-refractivity contribution < 1.29 is 19.4 Å². The fourth-order valence-corrected chi connectivity index (χ4v) is 4.87. The Morgan fingerprint density at radius 1 is 1.13 bits per heavy atom. The second-order valence-corrected chi connectivity index (χ2v) is 8.34. The van der Waals surface area contributed by atoms with Gasteiger partial charge in [0.1, 0.15) is 0 Å². The summed E-state index contributed by atoms with van der Waals surface area (Å²) in [6.45, 7) is 0.717. The van der Waals surface area contributed by atoms with Crippen molar-refractivity contribution in [3.63, 3.8) is 0 Å². The highest BCUT2D eigenvalue weighted by atomic mass is 32.1. The molecule has 7 heteroatoms. The van der Waals surface area contributed by atoms with Crippen LogP contribution in [0.1, 0.15) is 38.3 Å². The smallest absolute Gasteiger partial charge is 0.254 e. The molecule has 0 fully saturated rings. The number of fused-ring (bicyclic) bond motifs is 1. The topological polar surface area (TPSA) is 78.9 Å². The molecule has 0 saturated carbocycles. The van der Waals surface area contributed by atoms with E-state index in [-0.39, 0.29) is 18.4 Å². The number of carbonyl (C=O) groups excluding carboxylic acids is 2. The molecular formula is C24H24N2O4S. The van der Waals surface area contributed by atoms with Crippen LogP contribution in [0.2, 0.25) is 0 Å². The van der Waals surface area contributed by atoms with E-state index in [1.54, 1.807) is 42.3 Å². The van der Waals surface area contributed by atoms with Crippen molar-refractivity contribution in [1.82, 2.24) is 4.90 Å². The zero-order valence-corrected chi connectivity index (χ0v) is 18.0. The van der Waals surface area contributed by atoms with Gasteiger partial charge in [-0.25, -0.2) is 0 Å². The van der Waals surface area contributed by atoms with E-state index in [2.05, 4.69) is 5.32 Å². The monoisotopic (exact) mass is 436 g/mol. The van der Waals surface area contributed by atoms with Crippen LogP contribution in [0.5, 0.6) is 0 Å². The van der Waals surface area contributed by atoms with Crippen molar-refractivity contribution in [3.8, 4) is 0 Å². The zero-order valence-electron chi connectivity index (χ0n) is 17.2. The number of aliphatic hydroxyl groups is 1. The van der Waals surface area contributed by atoms with E-state index < -0.39 is 12.0 Å². The molecule has 31 heavy (non-hydrogen) atoms. The number of amides is 2. The minimum atomic E-state index is -0.568. The van der Waals surface area contributed by atoms with Crippen LogP contribution >= 0.6 is 11.3 Å². The Morgan fingerprint density at radius 3 is 2.58 bits per heavy atom. The molecule has 160 valence electrons. The number of rotatable bonds is 7. The van der Waals surface area contributed by atoms with E-state index in [0.29, 0.717) is 24.4 Å². The summed E-state index contributed by atoms with van der Waals surface area (Å²) in [6.07, 6.45) is 0. The molecule has 3 aromatic rings. The van der Waals surface area contributed by atoms with Gasteiger partial charge in [0.25, 0.3) is 5.91 Å². The van der Waals surface area contributed by atoms with Crippen molar-refractivity contribution in [1.29, 1.82) is 0 Å². The molecule has 2 heterocycles. The van der Waals surface area contributed by atoms with Crippen molar-refractivity contribution in [2.24, 2.45) is 0 Å². The third kappa shape index (κ3) is 4.25. The summed E-state index contributed by atoms with van der Waals surface area (Å²) in [4.78, 5) is 29.6. The molecule has 2 N–H and O–H groups in total. The number of methoxy groups -OCH3 is 1. The summed E-state index contributed by atoms with van der Waals surface area (Å²) < 4.78 is 5.25. The lowest BCUT2D eigenvalue weighted by molar-refractivity contribution is -0.119. The normalized spacial score (nSPS) is 18.0. The molecule has 1 aliphatic rings. The van der Waals surface area contributed by atoms with Crippen molar-refractivity contribution in [2.45, 2.75) is 18.6 Å². The maximum absolute atomic E-state index is 13.6. The highest BCUT2D eigenvalue weighted by Gasteiger charge is 2.44. The summed E-state index contributed by atoms with van der Waals surface area (Å²) in [5, 5.41) is 14.2. The van der Waals surface area contributed by atoms with Crippen molar-refractivity contribution in [2.75, 3.05) is 25.6 Å². The molecule has 0 radical (unpaired) electrons. The third-order valence-corrected chi connectivity index (χ3v) is 6.44.